The van der Waals surface area contributed by atoms with Crippen molar-refractivity contribution in [3.8, 4) is 0 Å². The van der Waals surface area contributed by atoms with Gasteiger partial charge in [0.1, 0.15) is 6.04 Å². The molecular formula is C17H25N3O. The second kappa shape index (κ2) is 6.58. The van der Waals surface area contributed by atoms with E-state index in [-0.39, 0.29) is 18.0 Å². The third-order valence-corrected chi connectivity index (χ3v) is 4.78. The number of hydrogen-bond donors (Lipinski definition) is 3. The lowest BCUT2D eigenvalue weighted by atomic mass is 9.87. The van der Waals surface area contributed by atoms with Crippen LogP contribution < -0.4 is 16.2 Å². The molecular weight excluding hydrogens is 262 g/mol. The van der Waals surface area contributed by atoms with E-state index in [1.54, 1.807) is 0 Å². The summed E-state index contributed by atoms with van der Waals surface area (Å²) in [7, 11) is 0. The summed E-state index contributed by atoms with van der Waals surface area (Å²) >= 11 is 0. The van der Waals surface area contributed by atoms with Gasteiger partial charge in [-0.1, -0.05) is 37.3 Å². The van der Waals surface area contributed by atoms with E-state index in [4.69, 9.17) is 0 Å². The molecule has 0 bridgehead atoms. The summed E-state index contributed by atoms with van der Waals surface area (Å²) in [6, 6.07) is 10.7. The second-order valence-electron chi connectivity index (χ2n) is 6.51. The van der Waals surface area contributed by atoms with E-state index >= 15 is 0 Å². The van der Waals surface area contributed by atoms with Crippen LogP contribution in [0.4, 0.5) is 0 Å². The predicted octanol–water partition coefficient (Wildman–Crippen LogP) is 2.29. The molecule has 1 amide bonds. The van der Waals surface area contributed by atoms with E-state index in [0.717, 1.165) is 25.2 Å². The van der Waals surface area contributed by atoms with Gasteiger partial charge in [-0.05, 0) is 43.6 Å². The van der Waals surface area contributed by atoms with E-state index in [1.165, 1.54) is 18.4 Å². The first kappa shape index (κ1) is 14.5. The first-order valence-electron chi connectivity index (χ1n) is 8.09. The Morgan fingerprint density at radius 3 is 2.52 bits per heavy atom. The van der Waals surface area contributed by atoms with Crippen LogP contribution in [0.5, 0.6) is 0 Å². The molecule has 0 spiro atoms. The number of amides is 1. The molecule has 0 aromatic heterocycles. The van der Waals surface area contributed by atoms with Crippen LogP contribution in [-0.2, 0) is 4.79 Å². The van der Waals surface area contributed by atoms with Crippen molar-refractivity contribution in [3.63, 3.8) is 0 Å². The molecule has 114 valence electrons. The first-order chi connectivity index (χ1) is 10.2. The van der Waals surface area contributed by atoms with Crippen molar-refractivity contribution in [2.24, 2.45) is 5.92 Å². The highest BCUT2D eigenvalue weighted by atomic mass is 16.2. The molecule has 1 heterocycles. The monoisotopic (exact) mass is 287 g/mol. The molecule has 1 aliphatic carbocycles. The van der Waals surface area contributed by atoms with Gasteiger partial charge in [0.2, 0.25) is 5.91 Å². The summed E-state index contributed by atoms with van der Waals surface area (Å²) in [5.74, 6) is 0.951. The maximum Gasteiger partial charge on any atom is 0.238 e. The molecule has 2 aliphatic rings. The van der Waals surface area contributed by atoms with E-state index < -0.39 is 0 Å². The maximum atomic E-state index is 12.4. The summed E-state index contributed by atoms with van der Waals surface area (Å²) in [6.45, 7) is 2.30. The zero-order valence-electron chi connectivity index (χ0n) is 12.6. The van der Waals surface area contributed by atoms with Crippen molar-refractivity contribution in [1.82, 2.24) is 16.2 Å². The molecule has 1 aromatic carbocycles. The van der Waals surface area contributed by atoms with Crippen LogP contribution in [0.15, 0.2) is 30.3 Å². The molecule has 1 saturated heterocycles. The number of benzene rings is 1. The molecule has 2 atom stereocenters. The lowest BCUT2D eigenvalue weighted by Crippen LogP contribution is -2.47. The van der Waals surface area contributed by atoms with Crippen molar-refractivity contribution in [2.45, 2.75) is 57.2 Å². The smallest absolute Gasteiger partial charge is 0.238 e. The minimum Gasteiger partial charge on any atom is -0.352 e. The van der Waals surface area contributed by atoms with Crippen LogP contribution in [0.1, 0.15) is 50.6 Å². The number of nitrogens with one attached hydrogen (secondary N) is 3. The average Bonchev–Trinajstić information content (AvgIpc) is 3.00. The zero-order chi connectivity index (χ0) is 14.7. The van der Waals surface area contributed by atoms with Crippen molar-refractivity contribution < 1.29 is 4.79 Å². The lowest BCUT2D eigenvalue weighted by molar-refractivity contribution is -0.123. The van der Waals surface area contributed by atoms with Crippen LogP contribution in [-0.4, -0.2) is 18.0 Å². The minimum atomic E-state index is -0.130. The van der Waals surface area contributed by atoms with E-state index in [2.05, 4.69) is 35.2 Å². The van der Waals surface area contributed by atoms with Crippen molar-refractivity contribution in [1.29, 1.82) is 0 Å². The summed E-state index contributed by atoms with van der Waals surface area (Å²) < 4.78 is 0. The topological polar surface area (TPSA) is 53.2 Å². The van der Waals surface area contributed by atoms with Crippen molar-refractivity contribution >= 4 is 5.91 Å². The maximum absolute atomic E-state index is 12.4. The van der Waals surface area contributed by atoms with E-state index in [0.29, 0.717) is 6.04 Å². The summed E-state index contributed by atoms with van der Waals surface area (Å²) in [5.41, 5.74) is 7.61. The lowest BCUT2D eigenvalue weighted by Gasteiger charge is -2.27. The molecule has 1 aromatic rings. The summed E-state index contributed by atoms with van der Waals surface area (Å²) in [5, 5.41) is 3.21. The van der Waals surface area contributed by atoms with E-state index in [1.807, 2.05) is 18.2 Å². The molecule has 3 rings (SSSR count). The molecule has 0 radical (unpaired) electrons. The number of carbonyl (C=O) groups is 1. The standard InChI is InChI=1S/C17H25N3O/c1-12-7-9-14(10-8-12)18-17(21)16-11-15(19-20-16)13-5-3-2-4-6-13/h2-6,12,14-16,19-20H,7-11H2,1H3,(H,18,21). The molecule has 2 unspecified atom stereocenters. The Bertz CT molecular complexity index is 468. The zero-order valence-corrected chi connectivity index (χ0v) is 12.6. The average molecular weight is 287 g/mol. The third kappa shape index (κ3) is 3.63. The Balaban J connectivity index is 1.50. The Morgan fingerprint density at radius 2 is 1.81 bits per heavy atom. The second-order valence-corrected chi connectivity index (χ2v) is 6.51. The molecule has 1 saturated carbocycles. The van der Waals surface area contributed by atoms with Gasteiger partial charge in [0.05, 0.1) is 0 Å². The van der Waals surface area contributed by atoms with E-state index in [9.17, 15) is 4.79 Å². The van der Waals surface area contributed by atoms with Crippen LogP contribution in [0.2, 0.25) is 0 Å². The molecule has 2 fully saturated rings. The van der Waals surface area contributed by atoms with Gasteiger partial charge in [-0.15, -0.1) is 0 Å². The van der Waals surface area contributed by atoms with Gasteiger partial charge in [0.25, 0.3) is 0 Å². The van der Waals surface area contributed by atoms with Crippen LogP contribution in [0.3, 0.4) is 0 Å². The highest BCUT2D eigenvalue weighted by Crippen LogP contribution is 2.25. The van der Waals surface area contributed by atoms with Crippen LogP contribution in [0, 0.1) is 5.92 Å². The van der Waals surface area contributed by atoms with Crippen molar-refractivity contribution in [3.05, 3.63) is 35.9 Å². The number of hydrazine groups is 1. The number of rotatable bonds is 3. The Hall–Kier alpha value is -1.39. The van der Waals surface area contributed by atoms with Gasteiger partial charge in [0, 0.05) is 12.1 Å². The Labute approximate surface area is 126 Å². The fraction of sp³-hybridized carbons (Fsp3) is 0.588. The van der Waals surface area contributed by atoms with Gasteiger partial charge in [0.15, 0.2) is 0 Å². The fourth-order valence-electron chi connectivity index (χ4n) is 3.34. The Morgan fingerprint density at radius 1 is 1.10 bits per heavy atom. The molecule has 4 heteroatoms. The molecule has 3 N–H and O–H groups in total. The molecule has 4 nitrogen and oxygen atoms in total. The van der Waals surface area contributed by atoms with Crippen LogP contribution in [0.25, 0.3) is 0 Å². The quantitative estimate of drug-likeness (QED) is 0.799. The summed E-state index contributed by atoms with van der Waals surface area (Å²) in [4.78, 5) is 12.4. The van der Waals surface area contributed by atoms with Crippen molar-refractivity contribution in [2.75, 3.05) is 0 Å². The van der Waals surface area contributed by atoms with Gasteiger partial charge in [-0.3, -0.25) is 4.79 Å². The first-order valence-corrected chi connectivity index (χ1v) is 8.09. The van der Waals surface area contributed by atoms with Gasteiger partial charge < -0.3 is 5.32 Å². The largest absolute Gasteiger partial charge is 0.352 e. The van der Waals surface area contributed by atoms with Gasteiger partial charge in [-0.2, -0.15) is 0 Å². The molecule has 1 aliphatic heterocycles. The highest BCUT2D eigenvalue weighted by Gasteiger charge is 2.31. The number of carbonyl (C=O) groups excluding carboxylic acids is 1. The normalized spacial score (nSPS) is 32.8. The van der Waals surface area contributed by atoms with Crippen LogP contribution >= 0.6 is 0 Å². The third-order valence-electron chi connectivity index (χ3n) is 4.78. The fourth-order valence-corrected chi connectivity index (χ4v) is 3.34. The van der Waals surface area contributed by atoms with Gasteiger partial charge in [-0.25, -0.2) is 10.9 Å². The SMILES string of the molecule is CC1CCC(NC(=O)C2CC(c3ccccc3)NN2)CC1. The highest BCUT2D eigenvalue weighted by molar-refractivity contribution is 5.82. The summed E-state index contributed by atoms with van der Waals surface area (Å²) in [6.07, 6.45) is 5.51. The Kier molecular flexibility index (Phi) is 4.56. The van der Waals surface area contributed by atoms with Gasteiger partial charge >= 0.3 is 0 Å². The minimum absolute atomic E-state index is 0.130. The number of hydrogen-bond acceptors (Lipinski definition) is 3. The molecule has 21 heavy (non-hydrogen) atoms. The predicted molar refractivity (Wildman–Crippen MR) is 83.4 cm³/mol.